The Kier molecular flexibility index (Phi) is 4.73. The second-order valence-electron chi connectivity index (χ2n) is 5.77. The van der Waals surface area contributed by atoms with E-state index < -0.39 is 0 Å². The lowest BCUT2D eigenvalue weighted by Gasteiger charge is -2.18. The van der Waals surface area contributed by atoms with Crippen LogP contribution in [0.25, 0.3) is 0 Å². The van der Waals surface area contributed by atoms with Crippen LogP contribution < -0.4 is 10.1 Å². The number of hydrogen-bond donors (Lipinski definition) is 1. The van der Waals surface area contributed by atoms with E-state index >= 15 is 0 Å². The normalized spacial score (nSPS) is 11.2. The largest absolute Gasteiger partial charge is 0.478 e. The van der Waals surface area contributed by atoms with E-state index in [0.29, 0.717) is 19.0 Å². The molecule has 1 N–H and O–H groups in total. The fraction of sp³-hybridized carbons (Fsp3) is 0.438. The van der Waals surface area contributed by atoms with E-state index in [9.17, 15) is 0 Å². The van der Waals surface area contributed by atoms with Gasteiger partial charge in [0, 0.05) is 17.7 Å². The standard InChI is InChI=1S/C16H22N4O/c1-5-21-14-10-13(19-15(20-14)16(2,3)4)18-11-12-8-6-7-9-17-12/h6-10H,5,11H2,1-4H3,(H,18,19,20). The molecule has 0 aliphatic rings. The first-order valence-corrected chi connectivity index (χ1v) is 7.15. The van der Waals surface area contributed by atoms with Crippen molar-refractivity contribution in [3.8, 4) is 5.88 Å². The van der Waals surface area contributed by atoms with Crippen LogP contribution in [0.4, 0.5) is 5.82 Å². The maximum Gasteiger partial charge on any atom is 0.218 e. The number of anilines is 1. The molecule has 0 aromatic carbocycles. The van der Waals surface area contributed by atoms with Gasteiger partial charge in [0.05, 0.1) is 18.8 Å². The Balaban J connectivity index is 2.19. The van der Waals surface area contributed by atoms with Crippen molar-refractivity contribution >= 4 is 5.82 Å². The number of nitrogens with one attached hydrogen (secondary N) is 1. The van der Waals surface area contributed by atoms with Crippen molar-refractivity contribution in [3.63, 3.8) is 0 Å². The van der Waals surface area contributed by atoms with E-state index in [0.717, 1.165) is 17.3 Å². The van der Waals surface area contributed by atoms with E-state index in [-0.39, 0.29) is 5.41 Å². The van der Waals surface area contributed by atoms with Gasteiger partial charge in [0.2, 0.25) is 5.88 Å². The summed E-state index contributed by atoms with van der Waals surface area (Å²) in [6.45, 7) is 9.40. The van der Waals surface area contributed by atoms with Gasteiger partial charge < -0.3 is 10.1 Å². The minimum absolute atomic E-state index is 0.130. The number of nitrogens with zero attached hydrogens (tertiary/aromatic N) is 3. The first-order chi connectivity index (χ1) is 9.99. The maximum absolute atomic E-state index is 5.53. The third-order valence-electron chi connectivity index (χ3n) is 2.84. The lowest BCUT2D eigenvalue weighted by atomic mass is 9.96. The first-order valence-electron chi connectivity index (χ1n) is 7.15. The molecule has 5 heteroatoms. The van der Waals surface area contributed by atoms with Crippen LogP contribution in [0.3, 0.4) is 0 Å². The van der Waals surface area contributed by atoms with Crippen LogP contribution in [0, 0.1) is 0 Å². The molecule has 2 aromatic heterocycles. The molecule has 0 fully saturated rings. The summed E-state index contributed by atoms with van der Waals surface area (Å²) in [5, 5.41) is 3.28. The van der Waals surface area contributed by atoms with Gasteiger partial charge in [-0.15, -0.1) is 0 Å². The molecule has 0 unspecified atom stereocenters. The summed E-state index contributed by atoms with van der Waals surface area (Å²) in [6.07, 6.45) is 1.78. The van der Waals surface area contributed by atoms with E-state index in [4.69, 9.17) is 4.74 Å². The molecular formula is C16H22N4O. The van der Waals surface area contributed by atoms with Crippen molar-refractivity contribution in [1.82, 2.24) is 15.0 Å². The van der Waals surface area contributed by atoms with Crippen molar-refractivity contribution in [3.05, 3.63) is 42.0 Å². The molecule has 5 nitrogen and oxygen atoms in total. The Morgan fingerprint density at radius 2 is 2.00 bits per heavy atom. The fourth-order valence-electron chi connectivity index (χ4n) is 1.76. The summed E-state index contributed by atoms with van der Waals surface area (Å²) in [7, 11) is 0. The van der Waals surface area contributed by atoms with Gasteiger partial charge in [0.1, 0.15) is 11.6 Å². The van der Waals surface area contributed by atoms with Gasteiger partial charge in [-0.25, -0.2) is 4.98 Å². The van der Waals surface area contributed by atoms with Crippen LogP contribution in [0.5, 0.6) is 5.88 Å². The van der Waals surface area contributed by atoms with Crippen molar-refractivity contribution in [2.75, 3.05) is 11.9 Å². The SMILES string of the molecule is CCOc1cc(NCc2ccccn2)nc(C(C)(C)C)n1. The Morgan fingerprint density at radius 1 is 1.19 bits per heavy atom. The lowest BCUT2D eigenvalue weighted by molar-refractivity contribution is 0.322. The van der Waals surface area contributed by atoms with Gasteiger partial charge in [-0.3, -0.25) is 4.98 Å². The molecule has 0 spiro atoms. The van der Waals surface area contributed by atoms with Gasteiger partial charge in [-0.2, -0.15) is 4.98 Å². The summed E-state index contributed by atoms with van der Waals surface area (Å²) in [6, 6.07) is 7.67. The third kappa shape index (κ3) is 4.41. The van der Waals surface area contributed by atoms with Crippen molar-refractivity contribution in [2.45, 2.75) is 39.7 Å². The molecule has 0 amide bonds. The van der Waals surface area contributed by atoms with E-state index in [1.165, 1.54) is 0 Å². The van der Waals surface area contributed by atoms with Crippen LogP contribution in [0.2, 0.25) is 0 Å². The first kappa shape index (κ1) is 15.2. The zero-order valence-electron chi connectivity index (χ0n) is 13.1. The highest BCUT2D eigenvalue weighted by atomic mass is 16.5. The number of ether oxygens (including phenoxy) is 1. The average Bonchev–Trinajstić information content (AvgIpc) is 2.45. The van der Waals surface area contributed by atoms with Gasteiger partial charge in [0.15, 0.2) is 0 Å². The molecule has 0 bridgehead atoms. The van der Waals surface area contributed by atoms with Gasteiger partial charge in [0.25, 0.3) is 0 Å². The third-order valence-corrected chi connectivity index (χ3v) is 2.84. The smallest absolute Gasteiger partial charge is 0.218 e. The minimum Gasteiger partial charge on any atom is -0.478 e. The maximum atomic E-state index is 5.53. The Hall–Kier alpha value is -2.17. The molecule has 0 aliphatic heterocycles. The average molecular weight is 286 g/mol. The van der Waals surface area contributed by atoms with Gasteiger partial charge in [-0.1, -0.05) is 26.8 Å². The minimum atomic E-state index is -0.130. The monoisotopic (exact) mass is 286 g/mol. The van der Waals surface area contributed by atoms with Crippen LogP contribution in [0.15, 0.2) is 30.5 Å². The molecule has 0 aliphatic carbocycles. The second-order valence-corrected chi connectivity index (χ2v) is 5.77. The van der Waals surface area contributed by atoms with E-state index in [1.807, 2.05) is 31.2 Å². The summed E-state index contributed by atoms with van der Waals surface area (Å²) < 4.78 is 5.53. The highest BCUT2D eigenvalue weighted by Crippen LogP contribution is 2.23. The zero-order valence-corrected chi connectivity index (χ0v) is 13.1. The predicted octanol–water partition coefficient (Wildman–Crippen LogP) is 3.18. The van der Waals surface area contributed by atoms with Crippen molar-refractivity contribution in [2.24, 2.45) is 0 Å². The number of hydrogen-bond acceptors (Lipinski definition) is 5. The van der Waals surface area contributed by atoms with E-state index in [2.05, 4.69) is 41.0 Å². The Labute approximate surface area is 125 Å². The molecule has 0 atom stereocenters. The Bertz CT molecular complexity index is 579. The predicted molar refractivity (Wildman–Crippen MR) is 83.5 cm³/mol. The van der Waals surface area contributed by atoms with Crippen LogP contribution in [-0.4, -0.2) is 21.6 Å². The molecule has 2 rings (SSSR count). The van der Waals surface area contributed by atoms with Crippen LogP contribution in [0.1, 0.15) is 39.2 Å². The zero-order chi connectivity index (χ0) is 15.3. The number of aromatic nitrogens is 3. The summed E-state index contributed by atoms with van der Waals surface area (Å²) >= 11 is 0. The number of pyridine rings is 1. The fourth-order valence-corrected chi connectivity index (χ4v) is 1.76. The molecule has 0 saturated carbocycles. The molecule has 2 aromatic rings. The quantitative estimate of drug-likeness (QED) is 0.914. The van der Waals surface area contributed by atoms with Crippen molar-refractivity contribution in [1.29, 1.82) is 0 Å². The van der Waals surface area contributed by atoms with Crippen LogP contribution in [-0.2, 0) is 12.0 Å². The summed E-state index contributed by atoms with van der Waals surface area (Å²) in [5.74, 6) is 2.11. The molecule has 2 heterocycles. The summed E-state index contributed by atoms with van der Waals surface area (Å²) in [4.78, 5) is 13.3. The number of rotatable bonds is 5. The molecule has 0 radical (unpaired) electrons. The lowest BCUT2D eigenvalue weighted by Crippen LogP contribution is -2.18. The van der Waals surface area contributed by atoms with E-state index in [1.54, 1.807) is 6.20 Å². The van der Waals surface area contributed by atoms with Gasteiger partial charge in [-0.05, 0) is 19.1 Å². The van der Waals surface area contributed by atoms with Crippen LogP contribution >= 0.6 is 0 Å². The summed E-state index contributed by atoms with van der Waals surface area (Å²) in [5.41, 5.74) is 0.834. The van der Waals surface area contributed by atoms with Gasteiger partial charge >= 0.3 is 0 Å². The topological polar surface area (TPSA) is 59.9 Å². The molecular weight excluding hydrogens is 264 g/mol. The highest BCUT2D eigenvalue weighted by molar-refractivity contribution is 5.39. The van der Waals surface area contributed by atoms with Crippen molar-refractivity contribution < 1.29 is 4.74 Å². The molecule has 21 heavy (non-hydrogen) atoms. The Morgan fingerprint density at radius 3 is 2.62 bits per heavy atom. The molecule has 0 saturated heterocycles. The molecule has 112 valence electrons. The highest BCUT2D eigenvalue weighted by Gasteiger charge is 2.19. The second kappa shape index (κ2) is 6.52.